The summed E-state index contributed by atoms with van der Waals surface area (Å²) in [5, 5.41) is -0.241. The van der Waals surface area contributed by atoms with Crippen molar-refractivity contribution in [3.63, 3.8) is 0 Å². The lowest BCUT2D eigenvalue weighted by atomic mass is 9.78. The van der Waals surface area contributed by atoms with E-state index in [0.29, 0.717) is 5.92 Å². The molecule has 0 bridgehead atoms. The fourth-order valence-electron chi connectivity index (χ4n) is 3.94. The van der Waals surface area contributed by atoms with Crippen LogP contribution in [0.5, 0.6) is 0 Å². The molecule has 1 aliphatic carbocycles. The molecule has 0 saturated heterocycles. The van der Waals surface area contributed by atoms with Crippen LogP contribution in [0.15, 0.2) is 42.4 Å². The topological polar surface area (TPSA) is 0 Å². The molecule has 0 N–H and O–H groups in total. The molecule has 1 fully saturated rings. The van der Waals surface area contributed by atoms with E-state index in [4.69, 9.17) is 17.1 Å². The highest BCUT2D eigenvalue weighted by Crippen LogP contribution is 2.34. The highest BCUT2D eigenvalue weighted by molar-refractivity contribution is 6.30. The lowest BCUT2D eigenvalue weighted by Gasteiger charge is -2.28. The maximum absolute atomic E-state index is 14.8. The average molecular weight is 363 g/mol. The Morgan fingerprint density at radius 2 is 1.68 bits per heavy atom. The Bertz CT molecular complexity index is 847. The molecule has 3 rings (SSSR count). The van der Waals surface area contributed by atoms with Crippen LogP contribution in [0.3, 0.4) is 0 Å². The second kappa shape index (κ2) is 8.85. The lowest BCUT2D eigenvalue weighted by Crippen LogP contribution is -2.15. The summed E-state index contributed by atoms with van der Waals surface area (Å²) in [7, 11) is 0. The standard InChI is InChI=1S/C23H28ClF/c1-2-3-17-4-6-18(7-5-17)8-9-19-10-15-22(23(25)16-19)20-11-13-21(24)14-12-20/h10-18H,2-9H2,1H3/i11D,12D,13D,14D. The second-order valence-electron chi connectivity index (χ2n) is 7.22. The maximum Gasteiger partial charge on any atom is 0.131 e. The van der Waals surface area contributed by atoms with Crippen molar-refractivity contribution in [2.75, 3.05) is 0 Å². The third kappa shape index (κ3) is 5.07. The van der Waals surface area contributed by atoms with Crippen molar-refractivity contribution < 1.29 is 9.87 Å². The van der Waals surface area contributed by atoms with E-state index in [1.807, 2.05) is 6.07 Å². The van der Waals surface area contributed by atoms with Crippen LogP contribution in [-0.2, 0) is 6.42 Å². The molecule has 2 heteroatoms. The van der Waals surface area contributed by atoms with Gasteiger partial charge in [0.1, 0.15) is 5.82 Å². The molecule has 0 radical (unpaired) electrons. The minimum Gasteiger partial charge on any atom is -0.206 e. The van der Waals surface area contributed by atoms with E-state index in [0.717, 1.165) is 24.3 Å². The highest BCUT2D eigenvalue weighted by atomic mass is 35.5. The van der Waals surface area contributed by atoms with Crippen LogP contribution < -0.4 is 0 Å². The first-order valence-electron chi connectivity index (χ1n) is 11.4. The highest BCUT2D eigenvalue weighted by Gasteiger charge is 2.20. The molecule has 0 aromatic heterocycles. The Balaban J connectivity index is 1.72. The summed E-state index contributed by atoms with van der Waals surface area (Å²) >= 11 is 5.85. The molecule has 25 heavy (non-hydrogen) atoms. The van der Waals surface area contributed by atoms with Gasteiger partial charge in [0.25, 0.3) is 0 Å². The number of halogens is 2. The van der Waals surface area contributed by atoms with Crippen molar-refractivity contribution >= 4 is 11.6 Å². The Morgan fingerprint density at radius 3 is 2.28 bits per heavy atom. The minimum absolute atomic E-state index is 0.0392. The first-order valence-corrected chi connectivity index (χ1v) is 9.75. The number of hydrogen-bond acceptors (Lipinski definition) is 0. The van der Waals surface area contributed by atoms with E-state index >= 15 is 0 Å². The van der Waals surface area contributed by atoms with Crippen LogP contribution in [-0.4, -0.2) is 0 Å². The molecular formula is C23H28ClF. The molecule has 0 spiro atoms. The monoisotopic (exact) mass is 362 g/mol. The zero-order valence-electron chi connectivity index (χ0n) is 18.8. The summed E-state index contributed by atoms with van der Waals surface area (Å²) in [5.74, 6) is 1.07. The number of hydrogen-bond donors (Lipinski definition) is 0. The van der Waals surface area contributed by atoms with E-state index in [9.17, 15) is 4.39 Å². The molecule has 134 valence electrons. The van der Waals surface area contributed by atoms with Gasteiger partial charge in [-0.1, -0.05) is 81.3 Å². The van der Waals surface area contributed by atoms with Crippen molar-refractivity contribution in [2.24, 2.45) is 11.8 Å². The summed E-state index contributed by atoms with van der Waals surface area (Å²) in [4.78, 5) is 0. The zero-order chi connectivity index (χ0) is 21.1. The van der Waals surface area contributed by atoms with Crippen LogP contribution in [0.25, 0.3) is 11.1 Å². The van der Waals surface area contributed by atoms with E-state index in [1.54, 1.807) is 6.07 Å². The molecule has 1 saturated carbocycles. The SMILES string of the molecule is [2H]c1c([2H])c(-c2ccc(CCC3CCC(CCC)CC3)cc2F)c([2H])c([2H])c1Cl. The fraction of sp³-hybridized carbons (Fsp3) is 0.478. The van der Waals surface area contributed by atoms with E-state index in [1.165, 1.54) is 44.6 Å². The maximum atomic E-state index is 14.8. The predicted molar refractivity (Wildman–Crippen MR) is 106 cm³/mol. The number of benzene rings is 2. The first-order chi connectivity index (χ1) is 13.8. The molecule has 2 aromatic rings. The number of rotatable bonds is 6. The average Bonchev–Trinajstić information content (AvgIpc) is 2.72. The second-order valence-corrected chi connectivity index (χ2v) is 7.60. The fourth-order valence-corrected chi connectivity index (χ4v) is 4.03. The van der Waals surface area contributed by atoms with Gasteiger partial charge in [-0.3, -0.25) is 0 Å². The van der Waals surface area contributed by atoms with Gasteiger partial charge >= 0.3 is 0 Å². The normalized spacial score (nSPS) is 22.8. The largest absolute Gasteiger partial charge is 0.206 e. The van der Waals surface area contributed by atoms with Gasteiger partial charge in [0.15, 0.2) is 0 Å². The van der Waals surface area contributed by atoms with Crippen molar-refractivity contribution in [2.45, 2.75) is 58.3 Å². The Morgan fingerprint density at radius 1 is 1.04 bits per heavy atom. The molecule has 2 aromatic carbocycles. The Hall–Kier alpha value is -1.34. The van der Waals surface area contributed by atoms with Gasteiger partial charge in [-0.05, 0) is 54.0 Å². The third-order valence-electron chi connectivity index (χ3n) is 5.40. The van der Waals surface area contributed by atoms with Gasteiger partial charge in [0.05, 0.1) is 5.48 Å². The van der Waals surface area contributed by atoms with Crippen LogP contribution in [0.2, 0.25) is 5.02 Å². The minimum atomic E-state index is -0.516. The van der Waals surface area contributed by atoms with E-state index in [-0.39, 0.29) is 40.3 Å². The summed E-state index contributed by atoms with van der Waals surface area (Å²) in [5.41, 5.74) is 0.955. The molecular weight excluding hydrogens is 331 g/mol. The van der Waals surface area contributed by atoms with Gasteiger partial charge in [-0.2, -0.15) is 0 Å². The van der Waals surface area contributed by atoms with Crippen LogP contribution in [0, 0.1) is 17.7 Å². The third-order valence-corrected chi connectivity index (χ3v) is 5.59. The van der Waals surface area contributed by atoms with Gasteiger partial charge < -0.3 is 0 Å². The summed E-state index contributed by atoms with van der Waals surface area (Å²) in [6.45, 7) is 2.25. The molecule has 1 aliphatic rings. The number of aryl methyl sites for hydroxylation is 1. The molecule has 0 atom stereocenters. The van der Waals surface area contributed by atoms with Crippen LogP contribution >= 0.6 is 11.6 Å². The molecule has 0 aliphatic heterocycles. The Labute approximate surface area is 162 Å². The summed E-state index contributed by atoms with van der Waals surface area (Å²) in [6.07, 6.45) is 9.61. The predicted octanol–water partition coefficient (Wildman–Crippen LogP) is 7.69. The van der Waals surface area contributed by atoms with Crippen molar-refractivity contribution in [1.29, 1.82) is 0 Å². The summed E-state index contributed by atoms with van der Waals surface area (Å²) in [6, 6.07) is 3.56. The summed E-state index contributed by atoms with van der Waals surface area (Å²) < 4.78 is 46.7. The van der Waals surface area contributed by atoms with E-state index in [2.05, 4.69) is 6.92 Å². The Kier molecular flexibility index (Phi) is 4.89. The molecule has 0 nitrogen and oxygen atoms in total. The first kappa shape index (κ1) is 13.8. The van der Waals surface area contributed by atoms with Gasteiger partial charge in [-0.25, -0.2) is 4.39 Å². The van der Waals surface area contributed by atoms with Gasteiger partial charge in [-0.15, -0.1) is 0 Å². The molecule has 0 heterocycles. The van der Waals surface area contributed by atoms with Crippen molar-refractivity contribution in [1.82, 2.24) is 0 Å². The zero-order valence-corrected chi connectivity index (χ0v) is 15.6. The van der Waals surface area contributed by atoms with Crippen LogP contribution in [0.1, 0.15) is 62.9 Å². The smallest absolute Gasteiger partial charge is 0.131 e. The lowest BCUT2D eigenvalue weighted by molar-refractivity contribution is 0.252. The van der Waals surface area contributed by atoms with Gasteiger partial charge in [0, 0.05) is 10.6 Å². The van der Waals surface area contributed by atoms with Crippen molar-refractivity contribution in [3.05, 3.63) is 58.8 Å². The van der Waals surface area contributed by atoms with E-state index < -0.39 is 5.82 Å². The van der Waals surface area contributed by atoms with Crippen molar-refractivity contribution in [3.8, 4) is 11.1 Å². The van der Waals surface area contributed by atoms with Gasteiger partial charge in [0.2, 0.25) is 0 Å². The van der Waals surface area contributed by atoms with Crippen LogP contribution in [0.4, 0.5) is 4.39 Å². The molecule has 0 unspecified atom stereocenters. The molecule has 0 amide bonds. The quantitative estimate of drug-likeness (QED) is 0.494.